The van der Waals surface area contributed by atoms with E-state index in [1.807, 2.05) is 33.7 Å². The summed E-state index contributed by atoms with van der Waals surface area (Å²) < 4.78 is 17.1. The maximum absolute atomic E-state index is 15.3. The van der Waals surface area contributed by atoms with Crippen LogP contribution < -0.4 is 15.2 Å². The topological polar surface area (TPSA) is 108 Å². The smallest absolute Gasteiger partial charge is 0.341 e. The molecule has 10 nitrogen and oxygen atoms in total. The number of oxime groups is 1. The number of amides is 1. The number of aromatic carboxylic acids is 1. The van der Waals surface area contributed by atoms with Crippen molar-refractivity contribution in [2.24, 2.45) is 5.16 Å². The number of aromatic nitrogens is 1. The molecular weight excluding hydrogens is 517 g/mol. The van der Waals surface area contributed by atoms with Gasteiger partial charge >= 0.3 is 5.97 Å². The maximum Gasteiger partial charge on any atom is 0.341 e. The third-order valence-electron chi connectivity index (χ3n) is 7.92. The number of rotatable bonds is 8. The number of pyridine rings is 1. The second-order valence-corrected chi connectivity index (χ2v) is 10.4. The van der Waals surface area contributed by atoms with Crippen molar-refractivity contribution in [1.82, 2.24) is 9.47 Å². The van der Waals surface area contributed by atoms with Gasteiger partial charge in [-0.15, -0.1) is 0 Å². The van der Waals surface area contributed by atoms with Gasteiger partial charge in [0.2, 0.25) is 5.43 Å². The molecule has 1 saturated heterocycles. The number of fused-ring (bicyclic) bond motifs is 2. The van der Waals surface area contributed by atoms with Crippen LogP contribution in [-0.4, -0.2) is 78.5 Å². The van der Waals surface area contributed by atoms with E-state index in [1.54, 1.807) is 11.0 Å². The second kappa shape index (κ2) is 10.4. The van der Waals surface area contributed by atoms with Crippen molar-refractivity contribution < 1.29 is 23.9 Å². The number of hydrogen-bond donors (Lipinski definition) is 1. The Morgan fingerprint density at radius 3 is 2.52 bits per heavy atom. The van der Waals surface area contributed by atoms with E-state index >= 15 is 4.39 Å². The molecule has 208 valence electrons. The zero-order valence-corrected chi connectivity index (χ0v) is 22.2. The number of hydrogen-bond acceptors (Lipinski definition) is 7. The highest BCUT2D eigenvalue weighted by atomic mass is 19.1. The van der Waals surface area contributed by atoms with Crippen molar-refractivity contribution in [3.63, 3.8) is 0 Å². The quantitative estimate of drug-likeness (QED) is 0.432. The summed E-state index contributed by atoms with van der Waals surface area (Å²) in [6.07, 6.45) is 3.97. The second-order valence-electron chi connectivity index (χ2n) is 10.4. The van der Waals surface area contributed by atoms with Crippen LogP contribution in [0.4, 0.5) is 15.8 Å². The van der Waals surface area contributed by atoms with Crippen molar-refractivity contribution in [1.29, 1.82) is 0 Å². The van der Waals surface area contributed by atoms with Gasteiger partial charge in [-0.05, 0) is 44.0 Å². The number of carbonyl (C=O) groups is 2. The number of anilines is 2. The highest BCUT2D eigenvalue weighted by Crippen LogP contribution is 2.38. The monoisotopic (exact) mass is 547 g/mol. The Labute approximate surface area is 229 Å². The Kier molecular flexibility index (Phi) is 6.75. The average Bonchev–Trinajstić information content (AvgIpc) is 3.76. The Hall–Kier alpha value is -4.25. The van der Waals surface area contributed by atoms with Crippen LogP contribution in [0.25, 0.3) is 10.9 Å². The number of piperazine rings is 1. The summed E-state index contributed by atoms with van der Waals surface area (Å²) in [5, 5.41) is 13.5. The molecule has 0 radical (unpaired) electrons. The lowest BCUT2D eigenvalue weighted by Crippen LogP contribution is -2.47. The minimum atomic E-state index is -1.30. The summed E-state index contributed by atoms with van der Waals surface area (Å²) in [6.45, 7) is 4.02. The SMILES string of the molecule is CO/N=C1/C(=O)N(CCCN2CCN(c3cc4c(cc3F)c(=O)c(C(=O)O)cn4C3CC3)CC2)c2ccccc21. The number of carboxylic acid groups (broad SMARTS) is 1. The number of nitrogens with zero attached hydrogens (tertiary/aromatic N) is 5. The number of benzene rings is 2. The standard InChI is InChI=1S/C29H30FN5O5/c1-40-31-26-19-5-2-3-6-23(19)34(28(26)37)10-4-9-32-11-13-33(14-12-32)25-16-24-20(15-22(25)30)27(36)21(29(38)39)17-35(24)18-7-8-18/h2-3,5-6,15-18H,4,7-14H2,1H3,(H,38,39)/b31-26+. The molecule has 11 heteroatoms. The first kappa shape index (κ1) is 26.0. The van der Waals surface area contributed by atoms with Gasteiger partial charge in [0.25, 0.3) is 5.91 Å². The van der Waals surface area contributed by atoms with Crippen molar-refractivity contribution in [2.45, 2.75) is 25.3 Å². The minimum Gasteiger partial charge on any atom is -0.477 e. The van der Waals surface area contributed by atoms with E-state index < -0.39 is 17.2 Å². The number of carboxylic acids is 1. The van der Waals surface area contributed by atoms with Gasteiger partial charge in [-0.2, -0.15) is 0 Å². The van der Waals surface area contributed by atoms with E-state index in [9.17, 15) is 19.5 Å². The molecule has 3 aliphatic rings. The maximum atomic E-state index is 15.3. The van der Waals surface area contributed by atoms with Crippen LogP contribution >= 0.6 is 0 Å². The van der Waals surface area contributed by atoms with E-state index in [0.29, 0.717) is 36.6 Å². The Bertz CT molecular complexity index is 1590. The van der Waals surface area contributed by atoms with Crippen LogP contribution in [0.15, 0.2) is 52.5 Å². The predicted octanol–water partition coefficient (Wildman–Crippen LogP) is 3.08. The molecule has 3 aromatic rings. The van der Waals surface area contributed by atoms with Gasteiger partial charge < -0.3 is 24.3 Å². The molecule has 0 atom stereocenters. The minimum absolute atomic E-state index is 0.100. The van der Waals surface area contributed by atoms with Gasteiger partial charge in [-0.3, -0.25) is 14.5 Å². The van der Waals surface area contributed by atoms with E-state index in [2.05, 4.69) is 10.1 Å². The lowest BCUT2D eigenvalue weighted by molar-refractivity contribution is -0.112. The zero-order valence-electron chi connectivity index (χ0n) is 22.2. The normalized spacial score (nSPS) is 18.6. The first-order valence-electron chi connectivity index (χ1n) is 13.5. The van der Waals surface area contributed by atoms with Crippen molar-refractivity contribution in [3.8, 4) is 0 Å². The summed E-state index contributed by atoms with van der Waals surface area (Å²) >= 11 is 0. The van der Waals surface area contributed by atoms with Crippen molar-refractivity contribution in [2.75, 3.05) is 56.2 Å². The van der Waals surface area contributed by atoms with Crippen molar-refractivity contribution >= 4 is 39.9 Å². The van der Waals surface area contributed by atoms with Crippen LogP contribution in [0.2, 0.25) is 0 Å². The molecular formula is C29H30FN5O5. The van der Waals surface area contributed by atoms with Crippen LogP contribution in [-0.2, 0) is 9.63 Å². The van der Waals surface area contributed by atoms with Crippen LogP contribution in [0.3, 0.4) is 0 Å². The first-order valence-corrected chi connectivity index (χ1v) is 13.5. The van der Waals surface area contributed by atoms with E-state index in [4.69, 9.17) is 4.84 Å². The summed E-state index contributed by atoms with van der Waals surface area (Å²) in [6, 6.07) is 10.6. The molecule has 2 aromatic carbocycles. The third kappa shape index (κ3) is 4.60. The van der Waals surface area contributed by atoms with Crippen LogP contribution in [0, 0.1) is 5.82 Å². The van der Waals surface area contributed by atoms with E-state index in [1.165, 1.54) is 19.4 Å². The molecule has 1 N–H and O–H groups in total. The van der Waals surface area contributed by atoms with Gasteiger partial charge in [0.15, 0.2) is 5.71 Å². The molecule has 0 unspecified atom stereocenters. The summed E-state index contributed by atoms with van der Waals surface area (Å²) in [5.41, 5.74) is 1.93. The highest BCUT2D eigenvalue weighted by Gasteiger charge is 2.34. The van der Waals surface area contributed by atoms with Gasteiger partial charge in [-0.25, -0.2) is 9.18 Å². The lowest BCUT2D eigenvalue weighted by atomic mass is 10.1. The Morgan fingerprint density at radius 2 is 1.82 bits per heavy atom. The molecule has 2 fully saturated rings. The zero-order chi connectivity index (χ0) is 28.0. The van der Waals surface area contributed by atoms with Crippen LogP contribution in [0.5, 0.6) is 0 Å². The highest BCUT2D eigenvalue weighted by molar-refractivity contribution is 6.54. The van der Waals surface area contributed by atoms with Gasteiger partial charge in [0, 0.05) is 55.9 Å². The average molecular weight is 548 g/mol. The summed E-state index contributed by atoms with van der Waals surface area (Å²) in [7, 11) is 1.43. The summed E-state index contributed by atoms with van der Waals surface area (Å²) in [4.78, 5) is 48.2. The molecule has 3 heterocycles. The third-order valence-corrected chi connectivity index (χ3v) is 7.92. The van der Waals surface area contributed by atoms with Gasteiger partial charge in [-0.1, -0.05) is 23.4 Å². The molecule has 40 heavy (non-hydrogen) atoms. The van der Waals surface area contributed by atoms with Crippen molar-refractivity contribution in [3.05, 3.63) is 69.8 Å². The fourth-order valence-electron chi connectivity index (χ4n) is 5.74. The Balaban J connectivity index is 1.12. The fraction of sp³-hybridized carbons (Fsp3) is 0.379. The first-order chi connectivity index (χ1) is 19.4. The molecule has 0 bridgehead atoms. The molecule has 1 aliphatic carbocycles. The molecule has 1 saturated carbocycles. The van der Waals surface area contributed by atoms with Gasteiger partial charge in [0.1, 0.15) is 18.5 Å². The Morgan fingerprint density at radius 1 is 1.07 bits per heavy atom. The molecule has 0 spiro atoms. The number of para-hydroxylation sites is 1. The fourth-order valence-corrected chi connectivity index (χ4v) is 5.74. The largest absolute Gasteiger partial charge is 0.477 e. The van der Waals surface area contributed by atoms with E-state index in [-0.39, 0.29) is 22.9 Å². The molecule has 6 rings (SSSR count). The lowest BCUT2D eigenvalue weighted by Gasteiger charge is -2.36. The number of halogens is 1. The molecule has 1 aromatic heterocycles. The summed E-state index contributed by atoms with van der Waals surface area (Å²) in [5.74, 6) is -1.99. The molecule has 1 amide bonds. The number of carbonyl (C=O) groups excluding carboxylic acids is 1. The van der Waals surface area contributed by atoms with Gasteiger partial charge in [0.05, 0.1) is 16.9 Å². The predicted molar refractivity (Wildman–Crippen MR) is 149 cm³/mol. The van der Waals surface area contributed by atoms with E-state index in [0.717, 1.165) is 50.1 Å². The van der Waals surface area contributed by atoms with Crippen LogP contribution in [0.1, 0.15) is 41.2 Å². The molecule has 2 aliphatic heterocycles.